The maximum absolute atomic E-state index is 12.2. The van der Waals surface area contributed by atoms with Crippen LogP contribution in [0.4, 0.5) is 0 Å². The Morgan fingerprint density at radius 3 is 2.76 bits per heavy atom. The minimum Gasteiger partial charge on any atom is -0.340 e. The molecule has 0 aromatic rings. The predicted molar refractivity (Wildman–Crippen MR) is 66.8 cm³/mol. The Bertz CT molecular complexity index is 288. The van der Waals surface area contributed by atoms with Gasteiger partial charge in [0.15, 0.2) is 0 Å². The zero-order valence-corrected chi connectivity index (χ0v) is 10.5. The lowest BCUT2D eigenvalue weighted by atomic mass is 9.94. The molecule has 0 aliphatic carbocycles. The Labute approximate surface area is 103 Å². The van der Waals surface area contributed by atoms with E-state index in [0.29, 0.717) is 11.9 Å². The van der Waals surface area contributed by atoms with Crippen LogP contribution in [0.2, 0.25) is 0 Å². The van der Waals surface area contributed by atoms with Gasteiger partial charge >= 0.3 is 0 Å². The molecule has 17 heavy (non-hydrogen) atoms. The van der Waals surface area contributed by atoms with Crippen molar-refractivity contribution in [3.63, 3.8) is 0 Å². The SMILES string of the molecule is O=C1C2CCCNC2CN1CCN1CCCC1. The summed E-state index contributed by atoms with van der Waals surface area (Å²) in [7, 11) is 0. The van der Waals surface area contributed by atoms with Gasteiger partial charge in [-0.1, -0.05) is 0 Å². The summed E-state index contributed by atoms with van der Waals surface area (Å²) < 4.78 is 0. The summed E-state index contributed by atoms with van der Waals surface area (Å²) >= 11 is 0. The molecule has 3 saturated heterocycles. The number of piperidine rings is 1. The first-order chi connectivity index (χ1) is 8.34. The fraction of sp³-hybridized carbons (Fsp3) is 0.923. The monoisotopic (exact) mass is 237 g/mol. The average Bonchev–Trinajstić information content (AvgIpc) is 2.96. The van der Waals surface area contributed by atoms with E-state index in [9.17, 15) is 4.79 Å². The average molecular weight is 237 g/mol. The molecule has 96 valence electrons. The molecule has 4 nitrogen and oxygen atoms in total. The number of hydrogen-bond donors (Lipinski definition) is 1. The summed E-state index contributed by atoms with van der Waals surface area (Å²) in [6.45, 7) is 6.50. The van der Waals surface area contributed by atoms with Gasteiger partial charge in [0.05, 0.1) is 5.92 Å². The molecule has 2 unspecified atom stereocenters. The van der Waals surface area contributed by atoms with Gasteiger partial charge in [0.1, 0.15) is 0 Å². The quantitative estimate of drug-likeness (QED) is 0.766. The van der Waals surface area contributed by atoms with Crippen molar-refractivity contribution >= 4 is 5.91 Å². The molecular weight excluding hydrogens is 214 g/mol. The van der Waals surface area contributed by atoms with E-state index in [-0.39, 0.29) is 5.92 Å². The number of nitrogens with one attached hydrogen (secondary N) is 1. The van der Waals surface area contributed by atoms with E-state index in [4.69, 9.17) is 0 Å². The molecule has 1 N–H and O–H groups in total. The lowest BCUT2D eigenvalue weighted by Gasteiger charge is -2.23. The first kappa shape index (κ1) is 11.5. The van der Waals surface area contributed by atoms with Gasteiger partial charge < -0.3 is 15.1 Å². The van der Waals surface area contributed by atoms with Crippen LogP contribution >= 0.6 is 0 Å². The van der Waals surface area contributed by atoms with Crippen molar-refractivity contribution in [3.05, 3.63) is 0 Å². The molecular formula is C13H23N3O. The van der Waals surface area contributed by atoms with Gasteiger partial charge in [-0.05, 0) is 45.3 Å². The molecule has 0 spiro atoms. The van der Waals surface area contributed by atoms with Gasteiger partial charge in [0.25, 0.3) is 0 Å². The van der Waals surface area contributed by atoms with Gasteiger partial charge in [-0.3, -0.25) is 4.79 Å². The van der Waals surface area contributed by atoms with Crippen LogP contribution < -0.4 is 5.32 Å². The van der Waals surface area contributed by atoms with Crippen LogP contribution in [0.15, 0.2) is 0 Å². The number of fused-ring (bicyclic) bond motifs is 1. The summed E-state index contributed by atoms with van der Waals surface area (Å²) in [5, 5.41) is 3.49. The predicted octanol–water partition coefficient (Wildman–Crippen LogP) is 0.293. The third kappa shape index (κ3) is 2.33. The number of hydrogen-bond acceptors (Lipinski definition) is 3. The molecule has 0 bridgehead atoms. The third-order valence-electron chi connectivity index (χ3n) is 4.51. The highest BCUT2D eigenvalue weighted by molar-refractivity contribution is 5.82. The van der Waals surface area contributed by atoms with Crippen LogP contribution in [0, 0.1) is 5.92 Å². The molecule has 4 heteroatoms. The molecule has 2 atom stereocenters. The molecule has 0 aromatic heterocycles. The summed E-state index contributed by atoms with van der Waals surface area (Å²) in [6, 6.07) is 0.440. The first-order valence-electron chi connectivity index (χ1n) is 7.09. The van der Waals surface area contributed by atoms with E-state index in [1.807, 2.05) is 0 Å². The van der Waals surface area contributed by atoms with E-state index in [0.717, 1.165) is 39.0 Å². The number of carbonyl (C=O) groups excluding carboxylic acids is 1. The van der Waals surface area contributed by atoms with Crippen molar-refractivity contribution in [1.82, 2.24) is 15.1 Å². The van der Waals surface area contributed by atoms with Crippen molar-refractivity contribution < 1.29 is 4.79 Å². The highest BCUT2D eigenvalue weighted by Crippen LogP contribution is 2.26. The minimum atomic E-state index is 0.280. The lowest BCUT2D eigenvalue weighted by Crippen LogP contribution is -2.41. The minimum absolute atomic E-state index is 0.280. The van der Waals surface area contributed by atoms with E-state index in [2.05, 4.69) is 15.1 Å². The second kappa shape index (κ2) is 4.94. The Morgan fingerprint density at radius 1 is 1.18 bits per heavy atom. The van der Waals surface area contributed by atoms with Gasteiger partial charge in [0, 0.05) is 25.7 Å². The van der Waals surface area contributed by atoms with Gasteiger partial charge in [0.2, 0.25) is 5.91 Å². The van der Waals surface area contributed by atoms with Gasteiger partial charge in [-0.2, -0.15) is 0 Å². The molecule has 3 heterocycles. The largest absolute Gasteiger partial charge is 0.340 e. The maximum Gasteiger partial charge on any atom is 0.227 e. The van der Waals surface area contributed by atoms with Crippen LogP contribution in [0.5, 0.6) is 0 Å². The fourth-order valence-corrected chi connectivity index (χ4v) is 3.47. The lowest BCUT2D eigenvalue weighted by molar-refractivity contribution is -0.131. The standard InChI is InChI=1S/C13H23N3O/c17-13-11-4-3-5-14-12(11)10-16(13)9-8-15-6-1-2-7-15/h11-12,14H,1-10H2. The van der Waals surface area contributed by atoms with Crippen molar-refractivity contribution in [2.24, 2.45) is 5.92 Å². The first-order valence-corrected chi connectivity index (χ1v) is 7.09. The highest BCUT2D eigenvalue weighted by atomic mass is 16.2. The molecule has 0 radical (unpaired) electrons. The van der Waals surface area contributed by atoms with Crippen molar-refractivity contribution in [2.45, 2.75) is 31.7 Å². The molecule has 0 aromatic carbocycles. The van der Waals surface area contributed by atoms with Crippen LogP contribution in [0.3, 0.4) is 0 Å². The third-order valence-corrected chi connectivity index (χ3v) is 4.51. The highest BCUT2D eigenvalue weighted by Gasteiger charge is 2.41. The molecule has 3 fully saturated rings. The molecule has 1 amide bonds. The van der Waals surface area contributed by atoms with E-state index in [1.54, 1.807) is 0 Å². The van der Waals surface area contributed by atoms with Crippen LogP contribution in [-0.4, -0.2) is 61.0 Å². The summed E-state index contributed by atoms with van der Waals surface area (Å²) in [5.41, 5.74) is 0. The van der Waals surface area contributed by atoms with Crippen molar-refractivity contribution in [3.8, 4) is 0 Å². The normalized spacial score (nSPS) is 34.4. The van der Waals surface area contributed by atoms with Crippen LogP contribution in [-0.2, 0) is 4.79 Å². The Kier molecular flexibility index (Phi) is 3.34. The second-order valence-corrected chi connectivity index (χ2v) is 5.64. The van der Waals surface area contributed by atoms with Crippen molar-refractivity contribution in [2.75, 3.05) is 39.3 Å². The van der Waals surface area contributed by atoms with Gasteiger partial charge in [-0.25, -0.2) is 0 Å². The van der Waals surface area contributed by atoms with E-state index in [1.165, 1.54) is 25.9 Å². The van der Waals surface area contributed by atoms with E-state index >= 15 is 0 Å². The summed E-state index contributed by atoms with van der Waals surface area (Å²) in [4.78, 5) is 16.8. The molecule has 3 rings (SSSR count). The fourth-order valence-electron chi connectivity index (χ4n) is 3.47. The number of carbonyl (C=O) groups is 1. The van der Waals surface area contributed by atoms with Crippen LogP contribution in [0.25, 0.3) is 0 Å². The number of nitrogens with zero attached hydrogens (tertiary/aromatic N) is 2. The summed E-state index contributed by atoms with van der Waals surface area (Å²) in [5.74, 6) is 0.684. The molecule has 3 aliphatic heterocycles. The zero-order chi connectivity index (χ0) is 11.7. The number of rotatable bonds is 3. The van der Waals surface area contributed by atoms with Crippen LogP contribution in [0.1, 0.15) is 25.7 Å². The Hall–Kier alpha value is -0.610. The maximum atomic E-state index is 12.2. The Balaban J connectivity index is 1.51. The topological polar surface area (TPSA) is 35.6 Å². The second-order valence-electron chi connectivity index (χ2n) is 5.64. The number of amides is 1. The van der Waals surface area contributed by atoms with Gasteiger partial charge in [-0.15, -0.1) is 0 Å². The smallest absolute Gasteiger partial charge is 0.227 e. The molecule has 3 aliphatic rings. The zero-order valence-electron chi connectivity index (χ0n) is 10.5. The van der Waals surface area contributed by atoms with E-state index < -0.39 is 0 Å². The summed E-state index contributed by atoms with van der Waals surface area (Å²) in [6.07, 6.45) is 4.92. The van der Waals surface area contributed by atoms with Crippen molar-refractivity contribution in [1.29, 1.82) is 0 Å². The number of likely N-dealkylation sites (tertiary alicyclic amines) is 2. The Morgan fingerprint density at radius 2 is 2.00 bits per heavy atom. The molecule has 0 saturated carbocycles.